The fraction of sp³-hybridized carbons (Fsp3) is 0.714. The average Bonchev–Trinajstić information content (AvgIpc) is 3.28. The quantitative estimate of drug-likeness (QED) is 0.494. The zero-order valence-electron chi connectivity index (χ0n) is 11.9. The van der Waals surface area contributed by atoms with E-state index in [1.54, 1.807) is 0 Å². The van der Waals surface area contributed by atoms with E-state index >= 15 is 0 Å². The number of nitrogens with two attached hydrogens (primary N) is 1. The van der Waals surface area contributed by atoms with Crippen LogP contribution in [-0.2, 0) is 0 Å². The second kappa shape index (κ2) is 5.54. The predicted octanol–water partition coefficient (Wildman–Crippen LogP) is 1.66. The summed E-state index contributed by atoms with van der Waals surface area (Å²) in [5.41, 5.74) is 3.57. The van der Waals surface area contributed by atoms with Crippen molar-refractivity contribution < 1.29 is 5.11 Å². The molecule has 6 nitrogen and oxygen atoms in total. The third-order valence-corrected chi connectivity index (χ3v) is 4.29. The lowest BCUT2D eigenvalue weighted by atomic mass is 9.92. The maximum atomic E-state index is 10.1. The van der Waals surface area contributed by atoms with E-state index in [1.165, 1.54) is 0 Å². The first-order valence-corrected chi connectivity index (χ1v) is 7.48. The molecule has 0 amide bonds. The summed E-state index contributed by atoms with van der Waals surface area (Å²) in [6.45, 7) is 1.95. The standard InChI is InChI=1S/C14H23N5O/c1-8-12(16-10-4-2-3-5-11(10)20)17-14(9-6-7-9)18-13(8)19-15/h9-11,20H,2-7,15H2,1H3,(H2,16,17,18,19). The molecule has 0 aliphatic heterocycles. The Morgan fingerprint density at radius 1 is 1.10 bits per heavy atom. The van der Waals surface area contributed by atoms with Crippen molar-refractivity contribution in [2.45, 2.75) is 63.5 Å². The average molecular weight is 277 g/mol. The second-order valence-corrected chi connectivity index (χ2v) is 5.93. The minimum absolute atomic E-state index is 0.0787. The fourth-order valence-corrected chi connectivity index (χ4v) is 2.79. The van der Waals surface area contributed by atoms with Crippen molar-refractivity contribution in [2.24, 2.45) is 5.84 Å². The van der Waals surface area contributed by atoms with Gasteiger partial charge >= 0.3 is 0 Å². The Morgan fingerprint density at radius 2 is 1.80 bits per heavy atom. The van der Waals surface area contributed by atoms with E-state index in [0.29, 0.717) is 11.7 Å². The van der Waals surface area contributed by atoms with Gasteiger partial charge in [0.05, 0.1) is 12.1 Å². The van der Waals surface area contributed by atoms with Crippen molar-refractivity contribution in [1.29, 1.82) is 0 Å². The zero-order chi connectivity index (χ0) is 14.1. The topological polar surface area (TPSA) is 96.1 Å². The lowest BCUT2D eigenvalue weighted by Gasteiger charge is -2.29. The number of nitrogen functional groups attached to an aromatic ring is 1. The molecule has 0 saturated heterocycles. The fourth-order valence-electron chi connectivity index (χ4n) is 2.79. The molecule has 110 valence electrons. The molecule has 3 rings (SSSR count). The number of hydrogen-bond acceptors (Lipinski definition) is 6. The molecule has 0 aromatic carbocycles. The molecule has 0 radical (unpaired) electrons. The molecule has 1 heterocycles. The van der Waals surface area contributed by atoms with E-state index < -0.39 is 0 Å². The normalized spacial score (nSPS) is 26.4. The van der Waals surface area contributed by atoms with E-state index in [4.69, 9.17) is 5.84 Å². The van der Waals surface area contributed by atoms with Gasteiger partial charge in [0.1, 0.15) is 17.5 Å². The lowest BCUT2D eigenvalue weighted by molar-refractivity contribution is 0.116. The molecule has 1 aromatic heterocycles. The SMILES string of the molecule is Cc1c(NN)nc(C2CC2)nc1NC1CCCCC1O. The van der Waals surface area contributed by atoms with Gasteiger partial charge in [-0.05, 0) is 32.6 Å². The first-order valence-electron chi connectivity index (χ1n) is 7.48. The van der Waals surface area contributed by atoms with Crippen LogP contribution in [0.3, 0.4) is 0 Å². The van der Waals surface area contributed by atoms with Crippen LogP contribution in [0.4, 0.5) is 11.6 Å². The van der Waals surface area contributed by atoms with Gasteiger partial charge in [0.15, 0.2) is 0 Å². The molecule has 0 bridgehead atoms. The van der Waals surface area contributed by atoms with E-state index in [9.17, 15) is 5.11 Å². The Kier molecular flexibility index (Phi) is 3.76. The molecule has 2 aliphatic carbocycles. The number of hydrogen-bond donors (Lipinski definition) is 4. The van der Waals surface area contributed by atoms with Crippen LogP contribution in [0.5, 0.6) is 0 Å². The van der Waals surface area contributed by atoms with Crippen LogP contribution in [0.1, 0.15) is 55.8 Å². The first-order chi connectivity index (χ1) is 9.69. The number of rotatable bonds is 4. The van der Waals surface area contributed by atoms with Crippen molar-refractivity contribution in [1.82, 2.24) is 9.97 Å². The van der Waals surface area contributed by atoms with Gasteiger partial charge in [-0.25, -0.2) is 15.8 Å². The molecule has 2 unspecified atom stereocenters. The van der Waals surface area contributed by atoms with E-state index in [-0.39, 0.29) is 12.1 Å². The van der Waals surface area contributed by atoms with Gasteiger partial charge in [-0.1, -0.05) is 12.8 Å². The number of aliphatic hydroxyl groups excluding tert-OH is 1. The summed E-state index contributed by atoms with van der Waals surface area (Å²) in [7, 11) is 0. The molecule has 5 N–H and O–H groups in total. The monoisotopic (exact) mass is 277 g/mol. The lowest BCUT2D eigenvalue weighted by Crippen LogP contribution is -2.37. The Labute approximate surface area is 119 Å². The van der Waals surface area contributed by atoms with Crippen LogP contribution in [0.15, 0.2) is 0 Å². The van der Waals surface area contributed by atoms with Crippen molar-refractivity contribution >= 4 is 11.6 Å². The van der Waals surface area contributed by atoms with Crippen LogP contribution in [0.2, 0.25) is 0 Å². The Morgan fingerprint density at radius 3 is 2.45 bits per heavy atom. The van der Waals surface area contributed by atoms with E-state index in [1.807, 2.05) is 6.92 Å². The highest BCUT2D eigenvalue weighted by molar-refractivity contribution is 5.57. The Hall–Kier alpha value is -1.40. The summed E-state index contributed by atoms with van der Waals surface area (Å²) in [6, 6.07) is 0.0787. The highest BCUT2D eigenvalue weighted by atomic mass is 16.3. The van der Waals surface area contributed by atoms with Gasteiger partial charge in [-0.15, -0.1) is 0 Å². The third-order valence-electron chi connectivity index (χ3n) is 4.29. The summed E-state index contributed by atoms with van der Waals surface area (Å²) in [5, 5.41) is 13.5. The van der Waals surface area contributed by atoms with Gasteiger partial charge in [0.2, 0.25) is 0 Å². The van der Waals surface area contributed by atoms with Crippen molar-refractivity contribution in [2.75, 3.05) is 10.7 Å². The minimum Gasteiger partial charge on any atom is -0.391 e. The zero-order valence-corrected chi connectivity index (χ0v) is 11.9. The van der Waals surface area contributed by atoms with Crippen molar-refractivity contribution in [3.8, 4) is 0 Å². The van der Waals surface area contributed by atoms with E-state index in [2.05, 4.69) is 20.7 Å². The third kappa shape index (κ3) is 2.71. The minimum atomic E-state index is -0.295. The maximum Gasteiger partial charge on any atom is 0.148 e. The molecule has 2 atom stereocenters. The molecule has 2 saturated carbocycles. The van der Waals surface area contributed by atoms with Crippen molar-refractivity contribution in [3.63, 3.8) is 0 Å². The van der Waals surface area contributed by atoms with Crippen molar-refractivity contribution in [3.05, 3.63) is 11.4 Å². The largest absolute Gasteiger partial charge is 0.391 e. The van der Waals surface area contributed by atoms with Gasteiger partial charge in [0.25, 0.3) is 0 Å². The smallest absolute Gasteiger partial charge is 0.148 e. The van der Waals surface area contributed by atoms with Crippen LogP contribution in [-0.4, -0.2) is 27.2 Å². The predicted molar refractivity (Wildman–Crippen MR) is 78.4 cm³/mol. The Bertz CT molecular complexity index is 489. The molecule has 2 aliphatic rings. The van der Waals surface area contributed by atoms with Crippen LogP contribution >= 0.6 is 0 Å². The molecule has 0 spiro atoms. The van der Waals surface area contributed by atoms with E-state index in [0.717, 1.165) is 55.7 Å². The summed E-state index contributed by atoms with van der Waals surface area (Å²) in [4.78, 5) is 9.12. The van der Waals surface area contributed by atoms with Gasteiger partial charge < -0.3 is 15.8 Å². The molecule has 1 aromatic rings. The van der Waals surface area contributed by atoms with Gasteiger partial charge in [-0.2, -0.15) is 0 Å². The first kappa shape index (κ1) is 13.6. The second-order valence-electron chi connectivity index (χ2n) is 5.93. The molecule has 2 fully saturated rings. The molecule has 6 heteroatoms. The molecular weight excluding hydrogens is 254 g/mol. The highest BCUT2D eigenvalue weighted by Crippen LogP contribution is 2.39. The summed E-state index contributed by atoms with van der Waals surface area (Å²) >= 11 is 0. The van der Waals surface area contributed by atoms with Gasteiger partial charge in [-0.3, -0.25) is 0 Å². The van der Waals surface area contributed by atoms with Crippen LogP contribution < -0.4 is 16.6 Å². The highest BCUT2D eigenvalue weighted by Gasteiger charge is 2.29. The van der Waals surface area contributed by atoms with Gasteiger partial charge in [0, 0.05) is 11.5 Å². The molecular formula is C14H23N5O. The number of anilines is 2. The van der Waals surface area contributed by atoms with Crippen LogP contribution in [0.25, 0.3) is 0 Å². The number of nitrogens with one attached hydrogen (secondary N) is 2. The summed E-state index contributed by atoms with van der Waals surface area (Å²) < 4.78 is 0. The summed E-state index contributed by atoms with van der Waals surface area (Å²) in [5.74, 6) is 8.36. The number of aliphatic hydroxyl groups is 1. The maximum absolute atomic E-state index is 10.1. The summed E-state index contributed by atoms with van der Waals surface area (Å²) in [6.07, 6.45) is 6.10. The number of nitrogens with zero attached hydrogens (tertiary/aromatic N) is 2. The molecule has 20 heavy (non-hydrogen) atoms. The Balaban J connectivity index is 1.85. The van der Waals surface area contributed by atoms with Crippen LogP contribution in [0, 0.1) is 6.92 Å². The number of aromatic nitrogens is 2. The number of hydrazine groups is 1.